The lowest BCUT2D eigenvalue weighted by Crippen LogP contribution is -2.54. The van der Waals surface area contributed by atoms with Gasteiger partial charge in [0.2, 0.25) is 15.9 Å². The molecule has 1 unspecified atom stereocenters. The molecule has 1 heterocycles. The number of hydrogen-bond acceptors (Lipinski definition) is 6. The Morgan fingerprint density at radius 2 is 1.72 bits per heavy atom. The molecule has 9 nitrogen and oxygen atoms in total. The minimum atomic E-state index is -3.68. The zero-order chi connectivity index (χ0) is 21.2. The van der Waals surface area contributed by atoms with Crippen molar-refractivity contribution in [3.8, 4) is 0 Å². The molecule has 0 spiro atoms. The SMILES string of the molecule is CC(=O)Nc1ccc(S(=O)(=O)N2CCN(c3ccc([N+](=O)[O-])cc3)CC2C)cc1. The molecule has 1 amide bonds. The Labute approximate surface area is 169 Å². The van der Waals surface area contributed by atoms with E-state index in [1.807, 2.05) is 11.8 Å². The molecule has 0 aliphatic carbocycles. The number of rotatable bonds is 5. The van der Waals surface area contributed by atoms with Crippen molar-refractivity contribution < 1.29 is 18.1 Å². The van der Waals surface area contributed by atoms with E-state index in [1.165, 1.54) is 35.5 Å². The molecule has 10 heteroatoms. The first-order valence-corrected chi connectivity index (χ1v) is 10.5. The maximum absolute atomic E-state index is 13.0. The van der Waals surface area contributed by atoms with Gasteiger partial charge in [-0.3, -0.25) is 14.9 Å². The number of hydrogen-bond donors (Lipinski definition) is 1. The van der Waals surface area contributed by atoms with Crippen LogP contribution in [0, 0.1) is 10.1 Å². The van der Waals surface area contributed by atoms with Crippen LogP contribution in [0.4, 0.5) is 17.1 Å². The summed E-state index contributed by atoms with van der Waals surface area (Å²) in [6, 6.07) is 12.0. The number of anilines is 2. The number of nitrogens with one attached hydrogen (secondary N) is 1. The molecule has 1 aliphatic heterocycles. The van der Waals surface area contributed by atoms with Gasteiger partial charge in [-0.2, -0.15) is 4.31 Å². The third-order valence-electron chi connectivity index (χ3n) is 4.77. The largest absolute Gasteiger partial charge is 0.369 e. The third kappa shape index (κ3) is 4.54. The van der Waals surface area contributed by atoms with Crippen molar-refractivity contribution in [2.24, 2.45) is 0 Å². The van der Waals surface area contributed by atoms with Gasteiger partial charge in [0.1, 0.15) is 0 Å². The summed E-state index contributed by atoms with van der Waals surface area (Å²) in [5, 5.41) is 13.4. The molecule has 3 rings (SSSR count). The number of nitro benzene ring substituents is 1. The van der Waals surface area contributed by atoms with Crippen LogP contribution in [0.3, 0.4) is 0 Å². The minimum absolute atomic E-state index is 0.0192. The van der Waals surface area contributed by atoms with Crippen LogP contribution in [0.5, 0.6) is 0 Å². The molecular weight excluding hydrogens is 396 g/mol. The third-order valence-corrected chi connectivity index (χ3v) is 6.80. The van der Waals surface area contributed by atoms with Crippen molar-refractivity contribution in [2.45, 2.75) is 24.8 Å². The number of carbonyl (C=O) groups excluding carboxylic acids is 1. The van der Waals surface area contributed by atoms with Crippen LogP contribution in [0.1, 0.15) is 13.8 Å². The van der Waals surface area contributed by atoms with Crippen molar-refractivity contribution in [1.82, 2.24) is 4.31 Å². The fourth-order valence-electron chi connectivity index (χ4n) is 3.37. The monoisotopic (exact) mass is 418 g/mol. The van der Waals surface area contributed by atoms with Crippen LogP contribution in [0.25, 0.3) is 0 Å². The van der Waals surface area contributed by atoms with Gasteiger partial charge in [0.25, 0.3) is 5.69 Å². The van der Waals surface area contributed by atoms with Crippen LogP contribution < -0.4 is 10.2 Å². The number of amides is 1. The summed E-state index contributed by atoms with van der Waals surface area (Å²) in [5.74, 6) is -0.225. The van der Waals surface area contributed by atoms with E-state index in [0.29, 0.717) is 25.3 Å². The molecule has 0 aromatic heterocycles. The number of nitro groups is 1. The normalized spacial score (nSPS) is 17.7. The van der Waals surface area contributed by atoms with Gasteiger partial charge >= 0.3 is 0 Å². The number of non-ortho nitro benzene ring substituents is 1. The molecule has 1 N–H and O–H groups in total. The Hall–Kier alpha value is -2.98. The van der Waals surface area contributed by atoms with Gasteiger partial charge < -0.3 is 10.2 Å². The van der Waals surface area contributed by atoms with Gasteiger partial charge in [-0.15, -0.1) is 0 Å². The van der Waals surface area contributed by atoms with Gasteiger partial charge in [-0.1, -0.05) is 0 Å². The van der Waals surface area contributed by atoms with E-state index in [2.05, 4.69) is 5.32 Å². The highest BCUT2D eigenvalue weighted by molar-refractivity contribution is 7.89. The Balaban J connectivity index is 1.72. The average molecular weight is 418 g/mol. The van der Waals surface area contributed by atoms with Crippen molar-refractivity contribution in [3.05, 3.63) is 58.6 Å². The summed E-state index contributed by atoms with van der Waals surface area (Å²) in [6.45, 7) is 4.47. The van der Waals surface area contributed by atoms with Crippen LogP contribution >= 0.6 is 0 Å². The second-order valence-electron chi connectivity index (χ2n) is 6.89. The Morgan fingerprint density at radius 3 is 2.24 bits per heavy atom. The standard InChI is InChI=1S/C19H22N4O5S/c1-14-13-21(17-5-7-18(8-6-17)23(25)26)11-12-22(14)29(27,28)19-9-3-16(4-10-19)20-15(2)24/h3-10,14H,11-13H2,1-2H3,(H,20,24). The summed E-state index contributed by atoms with van der Waals surface area (Å²) in [5.41, 5.74) is 1.37. The molecule has 0 bridgehead atoms. The van der Waals surface area contributed by atoms with Gasteiger partial charge in [0.15, 0.2) is 0 Å². The Morgan fingerprint density at radius 1 is 1.10 bits per heavy atom. The maximum atomic E-state index is 13.0. The van der Waals surface area contributed by atoms with Gasteiger partial charge in [0, 0.05) is 56.1 Å². The lowest BCUT2D eigenvalue weighted by Gasteiger charge is -2.40. The topological polar surface area (TPSA) is 113 Å². The quantitative estimate of drug-likeness (QED) is 0.589. The van der Waals surface area contributed by atoms with Crippen molar-refractivity contribution in [2.75, 3.05) is 29.9 Å². The average Bonchev–Trinajstić information content (AvgIpc) is 2.67. The summed E-state index contributed by atoms with van der Waals surface area (Å²) in [4.78, 5) is 23.6. The number of benzene rings is 2. The highest BCUT2D eigenvalue weighted by atomic mass is 32.2. The Bertz CT molecular complexity index is 1010. The van der Waals surface area contributed by atoms with E-state index >= 15 is 0 Å². The second kappa shape index (κ2) is 8.18. The molecule has 1 fully saturated rings. The molecule has 29 heavy (non-hydrogen) atoms. The molecule has 1 aliphatic rings. The highest BCUT2D eigenvalue weighted by Gasteiger charge is 2.33. The first-order valence-electron chi connectivity index (χ1n) is 9.07. The highest BCUT2D eigenvalue weighted by Crippen LogP contribution is 2.26. The summed E-state index contributed by atoms with van der Waals surface area (Å²) in [7, 11) is -3.68. The number of nitrogens with zero attached hydrogens (tertiary/aromatic N) is 3. The minimum Gasteiger partial charge on any atom is -0.369 e. The van der Waals surface area contributed by atoms with E-state index in [4.69, 9.17) is 0 Å². The summed E-state index contributed by atoms with van der Waals surface area (Å²) >= 11 is 0. The summed E-state index contributed by atoms with van der Waals surface area (Å²) in [6.07, 6.45) is 0. The van der Waals surface area contributed by atoms with Crippen molar-refractivity contribution >= 4 is 33.0 Å². The maximum Gasteiger partial charge on any atom is 0.269 e. The van der Waals surface area contributed by atoms with E-state index < -0.39 is 14.9 Å². The lowest BCUT2D eigenvalue weighted by atomic mass is 10.2. The predicted molar refractivity (Wildman–Crippen MR) is 109 cm³/mol. The number of piperazine rings is 1. The van der Waals surface area contributed by atoms with Crippen LogP contribution in [-0.2, 0) is 14.8 Å². The molecule has 1 saturated heterocycles. The predicted octanol–water partition coefficient (Wildman–Crippen LogP) is 2.45. The van der Waals surface area contributed by atoms with Crippen LogP contribution in [0.15, 0.2) is 53.4 Å². The van der Waals surface area contributed by atoms with E-state index in [-0.39, 0.29) is 22.5 Å². The lowest BCUT2D eigenvalue weighted by molar-refractivity contribution is -0.384. The van der Waals surface area contributed by atoms with E-state index in [1.54, 1.807) is 24.3 Å². The molecule has 1 atom stereocenters. The first kappa shape index (κ1) is 20.7. The smallest absolute Gasteiger partial charge is 0.269 e. The molecular formula is C19H22N4O5S. The van der Waals surface area contributed by atoms with Gasteiger partial charge in [0.05, 0.1) is 9.82 Å². The van der Waals surface area contributed by atoms with Crippen molar-refractivity contribution in [1.29, 1.82) is 0 Å². The second-order valence-corrected chi connectivity index (χ2v) is 8.78. The van der Waals surface area contributed by atoms with Gasteiger partial charge in [-0.25, -0.2) is 8.42 Å². The summed E-state index contributed by atoms with van der Waals surface area (Å²) < 4.78 is 27.5. The van der Waals surface area contributed by atoms with Gasteiger partial charge in [-0.05, 0) is 43.3 Å². The zero-order valence-corrected chi connectivity index (χ0v) is 16.9. The Kier molecular flexibility index (Phi) is 5.85. The van der Waals surface area contributed by atoms with Crippen LogP contribution in [0.2, 0.25) is 0 Å². The molecule has 2 aromatic carbocycles. The van der Waals surface area contributed by atoms with Crippen LogP contribution in [-0.4, -0.2) is 49.2 Å². The first-order chi connectivity index (χ1) is 13.7. The fourth-order valence-corrected chi connectivity index (χ4v) is 4.98. The zero-order valence-electron chi connectivity index (χ0n) is 16.1. The molecule has 2 aromatic rings. The molecule has 0 saturated carbocycles. The molecule has 154 valence electrons. The van der Waals surface area contributed by atoms with E-state index in [9.17, 15) is 23.3 Å². The van der Waals surface area contributed by atoms with E-state index in [0.717, 1.165) is 5.69 Å². The number of carbonyl (C=O) groups is 1. The van der Waals surface area contributed by atoms with Crippen molar-refractivity contribution in [3.63, 3.8) is 0 Å². The number of sulfonamides is 1. The fraction of sp³-hybridized carbons (Fsp3) is 0.316. The molecule has 0 radical (unpaired) electrons.